The number of carbonyl (C=O) groups is 3. The van der Waals surface area contributed by atoms with Gasteiger partial charge in [0.25, 0.3) is 0 Å². The van der Waals surface area contributed by atoms with Crippen LogP contribution in [0.3, 0.4) is 0 Å². The summed E-state index contributed by atoms with van der Waals surface area (Å²) in [5.74, 6) is -1.09. The summed E-state index contributed by atoms with van der Waals surface area (Å²) in [7, 11) is 1.23. The quantitative estimate of drug-likeness (QED) is 0.479. The third-order valence-corrected chi connectivity index (χ3v) is 1.99. The number of methoxy groups -OCH3 is 1. The molecule has 0 aliphatic carbocycles. The Kier molecular flexibility index (Phi) is 3.62. The average Bonchev–Trinajstić information content (AvgIpc) is 2.50. The van der Waals surface area contributed by atoms with Crippen molar-refractivity contribution in [3.05, 3.63) is 0 Å². The highest BCUT2D eigenvalue weighted by Gasteiger charge is 2.26. The van der Waals surface area contributed by atoms with Gasteiger partial charge in [-0.3, -0.25) is 14.4 Å². The van der Waals surface area contributed by atoms with Crippen molar-refractivity contribution in [3.8, 4) is 0 Å². The second kappa shape index (κ2) is 4.74. The minimum atomic E-state index is -0.556. The highest BCUT2D eigenvalue weighted by molar-refractivity contribution is 5.95. The summed E-state index contributed by atoms with van der Waals surface area (Å²) in [6.45, 7) is 0. The van der Waals surface area contributed by atoms with Crippen molar-refractivity contribution in [1.29, 1.82) is 0 Å². The van der Waals surface area contributed by atoms with Gasteiger partial charge in [0.15, 0.2) is 0 Å². The smallest absolute Gasteiger partial charge is 0.313 e. The van der Waals surface area contributed by atoms with Gasteiger partial charge in [0.2, 0.25) is 0 Å². The Morgan fingerprint density at radius 3 is 2.79 bits per heavy atom. The molecule has 1 aliphatic rings. The number of ether oxygens (including phenoxy) is 2. The molecule has 1 unspecified atom stereocenters. The van der Waals surface area contributed by atoms with Gasteiger partial charge in [-0.25, -0.2) is 0 Å². The summed E-state index contributed by atoms with van der Waals surface area (Å²) < 4.78 is 9.17. The summed E-state index contributed by atoms with van der Waals surface area (Å²) in [4.78, 5) is 32.6. The largest absolute Gasteiger partial charge is 0.469 e. The first-order valence-electron chi connectivity index (χ1n) is 4.40. The third-order valence-electron chi connectivity index (χ3n) is 1.99. The predicted octanol–water partition coefficient (Wildman–Crippen LogP) is 0.214. The van der Waals surface area contributed by atoms with Crippen LogP contribution in [0.2, 0.25) is 0 Å². The Hall–Kier alpha value is -1.39. The van der Waals surface area contributed by atoms with E-state index in [1.54, 1.807) is 0 Å². The summed E-state index contributed by atoms with van der Waals surface area (Å²) in [6, 6.07) is 0. The molecule has 78 valence electrons. The molecule has 1 atom stereocenters. The van der Waals surface area contributed by atoms with Crippen molar-refractivity contribution >= 4 is 17.7 Å². The first-order valence-corrected chi connectivity index (χ1v) is 4.40. The zero-order valence-electron chi connectivity index (χ0n) is 7.95. The Bertz CT molecular complexity index is 258. The minimum absolute atomic E-state index is 0.112. The molecular formula is C9H12O5. The van der Waals surface area contributed by atoms with E-state index < -0.39 is 5.97 Å². The van der Waals surface area contributed by atoms with Gasteiger partial charge in [-0.1, -0.05) is 0 Å². The van der Waals surface area contributed by atoms with Crippen molar-refractivity contribution in [2.45, 2.75) is 31.8 Å². The highest BCUT2D eigenvalue weighted by Crippen LogP contribution is 2.17. The summed E-state index contributed by atoms with van der Waals surface area (Å²) >= 11 is 0. The number of carbonyl (C=O) groups excluding carboxylic acids is 3. The highest BCUT2D eigenvalue weighted by atomic mass is 16.5. The second-order valence-corrected chi connectivity index (χ2v) is 3.15. The number of esters is 2. The van der Waals surface area contributed by atoms with Gasteiger partial charge in [-0.2, -0.15) is 0 Å². The van der Waals surface area contributed by atoms with Crippen LogP contribution in [0.4, 0.5) is 0 Å². The van der Waals surface area contributed by atoms with E-state index in [1.807, 2.05) is 0 Å². The Morgan fingerprint density at radius 2 is 2.29 bits per heavy atom. The number of Topliss-reactive ketones (excluding diaryl/α,β-unsaturated/α-hetero) is 1. The fourth-order valence-corrected chi connectivity index (χ4v) is 1.29. The van der Waals surface area contributed by atoms with Crippen molar-refractivity contribution in [1.82, 2.24) is 0 Å². The van der Waals surface area contributed by atoms with Gasteiger partial charge in [0.1, 0.15) is 18.3 Å². The lowest BCUT2D eigenvalue weighted by atomic mass is 10.1. The number of hydrogen-bond donors (Lipinski definition) is 0. The number of hydrogen-bond acceptors (Lipinski definition) is 5. The van der Waals surface area contributed by atoms with Crippen LogP contribution in [0, 0.1) is 0 Å². The van der Waals surface area contributed by atoms with E-state index in [4.69, 9.17) is 4.74 Å². The summed E-state index contributed by atoms with van der Waals surface area (Å²) in [5, 5.41) is 0. The molecule has 1 saturated heterocycles. The molecule has 0 amide bonds. The van der Waals surface area contributed by atoms with Crippen LogP contribution in [-0.2, 0) is 23.9 Å². The first-order chi connectivity index (χ1) is 6.61. The number of rotatable bonds is 4. The molecule has 0 aromatic rings. The van der Waals surface area contributed by atoms with Crippen LogP contribution in [-0.4, -0.2) is 30.9 Å². The summed E-state index contributed by atoms with van der Waals surface area (Å²) in [6.07, 6.45) is 0.437. The molecule has 0 saturated carbocycles. The zero-order valence-corrected chi connectivity index (χ0v) is 7.95. The van der Waals surface area contributed by atoms with Gasteiger partial charge in [-0.05, 0) is 6.42 Å². The molecule has 0 spiro atoms. The fraction of sp³-hybridized carbons (Fsp3) is 0.667. The predicted molar refractivity (Wildman–Crippen MR) is 45.4 cm³/mol. The van der Waals surface area contributed by atoms with Crippen LogP contribution in [0.1, 0.15) is 25.7 Å². The van der Waals surface area contributed by atoms with Crippen molar-refractivity contribution in [3.63, 3.8) is 0 Å². The molecule has 5 heteroatoms. The molecule has 1 fully saturated rings. The van der Waals surface area contributed by atoms with Crippen molar-refractivity contribution in [2.75, 3.05) is 7.11 Å². The maximum Gasteiger partial charge on any atom is 0.313 e. The normalized spacial score (nSPS) is 20.4. The second-order valence-electron chi connectivity index (χ2n) is 3.15. The standard InChI is InChI=1S/C9H12O5/c1-13-9(12)5-6(10)4-7-2-3-8(11)14-7/h7H,2-5H2,1H3. The average molecular weight is 200 g/mol. The Balaban J connectivity index is 2.27. The third kappa shape index (κ3) is 3.16. The first kappa shape index (κ1) is 10.7. The summed E-state index contributed by atoms with van der Waals surface area (Å²) in [5.41, 5.74) is 0. The van der Waals surface area contributed by atoms with E-state index in [-0.39, 0.29) is 30.7 Å². The van der Waals surface area contributed by atoms with Crippen LogP contribution < -0.4 is 0 Å². The molecule has 0 aromatic heterocycles. The van der Waals surface area contributed by atoms with E-state index in [9.17, 15) is 14.4 Å². The molecule has 14 heavy (non-hydrogen) atoms. The molecule has 5 nitrogen and oxygen atoms in total. The van der Waals surface area contributed by atoms with Gasteiger partial charge in [0.05, 0.1) is 7.11 Å². The van der Waals surface area contributed by atoms with Gasteiger partial charge >= 0.3 is 11.9 Å². The van der Waals surface area contributed by atoms with Gasteiger partial charge in [0, 0.05) is 12.8 Å². The minimum Gasteiger partial charge on any atom is -0.469 e. The lowest BCUT2D eigenvalue weighted by Crippen LogP contribution is -2.16. The molecule has 1 aliphatic heterocycles. The molecule has 0 bridgehead atoms. The lowest BCUT2D eigenvalue weighted by Gasteiger charge is -2.06. The maximum atomic E-state index is 11.2. The maximum absolute atomic E-state index is 11.2. The van der Waals surface area contributed by atoms with Crippen molar-refractivity contribution < 1.29 is 23.9 Å². The van der Waals surface area contributed by atoms with E-state index in [0.29, 0.717) is 12.8 Å². The van der Waals surface area contributed by atoms with Crippen LogP contribution >= 0.6 is 0 Å². The Morgan fingerprint density at radius 1 is 1.57 bits per heavy atom. The number of ketones is 1. The molecule has 0 aromatic carbocycles. The zero-order chi connectivity index (χ0) is 10.6. The monoisotopic (exact) mass is 200 g/mol. The molecule has 1 heterocycles. The van der Waals surface area contributed by atoms with E-state index in [2.05, 4.69) is 4.74 Å². The molecule has 0 radical (unpaired) electrons. The van der Waals surface area contributed by atoms with Crippen LogP contribution in [0.25, 0.3) is 0 Å². The number of cyclic esters (lactones) is 1. The van der Waals surface area contributed by atoms with Crippen LogP contribution in [0.5, 0.6) is 0 Å². The molecular weight excluding hydrogens is 188 g/mol. The van der Waals surface area contributed by atoms with Gasteiger partial charge in [-0.15, -0.1) is 0 Å². The van der Waals surface area contributed by atoms with Gasteiger partial charge < -0.3 is 9.47 Å². The fourth-order valence-electron chi connectivity index (χ4n) is 1.29. The lowest BCUT2D eigenvalue weighted by molar-refractivity contribution is -0.144. The molecule has 1 rings (SSSR count). The van der Waals surface area contributed by atoms with Crippen LogP contribution in [0.15, 0.2) is 0 Å². The Labute approximate surface area is 81.4 Å². The van der Waals surface area contributed by atoms with Crippen molar-refractivity contribution in [2.24, 2.45) is 0 Å². The van der Waals surface area contributed by atoms with E-state index in [1.165, 1.54) is 7.11 Å². The van der Waals surface area contributed by atoms with E-state index in [0.717, 1.165) is 0 Å². The van der Waals surface area contributed by atoms with E-state index >= 15 is 0 Å². The molecule has 0 N–H and O–H groups in total. The topological polar surface area (TPSA) is 69.7 Å². The SMILES string of the molecule is COC(=O)CC(=O)CC1CCC(=O)O1.